The maximum atomic E-state index is 4.84. The average Bonchev–Trinajstić information content (AvgIpc) is 2.89. The second-order valence-corrected chi connectivity index (χ2v) is 11.1. The summed E-state index contributed by atoms with van der Waals surface area (Å²) in [6, 6.07) is 0. The first-order chi connectivity index (χ1) is 11.4. The van der Waals surface area contributed by atoms with Crippen LogP contribution in [0.25, 0.3) is 0 Å². The van der Waals surface area contributed by atoms with Crippen LogP contribution in [-0.4, -0.2) is 5.25 Å². The van der Waals surface area contributed by atoms with E-state index in [2.05, 4.69) is 27.7 Å². The molecule has 3 saturated carbocycles. The normalized spacial score (nSPS) is 48.4. The first-order valence-corrected chi connectivity index (χ1v) is 11.6. The lowest BCUT2D eigenvalue weighted by Gasteiger charge is -2.47. The fraction of sp³-hybridized carbons (Fsp3) is 1.00. The van der Waals surface area contributed by atoms with Gasteiger partial charge in [-0.15, -0.1) is 0 Å². The first kappa shape index (κ1) is 19.1. The van der Waals surface area contributed by atoms with Gasteiger partial charge in [-0.25, -0.2) is 0 Å². The van der Waals surface area contributed by atoms with Gasteiger partial charge in [-0.1, -0.05) is 47.0 Å². The minimum Gasteiger partial charge on any atom is -0.176 e. The van der Waals surface area contributed by atoms with Gasteiger partial charge in [-0.2, -0.15) is 12.6 Å². The zero-order valence-electron chi connectivity index (χ0n) is 16.8. The predicted molar refractivity (Wildman–Crippen MR) is 110 cm³/mol. The molecule has 0 nitrogen and oxygen atoms in total. The second-order valence-electron chi connectivity index (χ2n) is 10.3. The van der Waals surface area contributed by atoms with Crippen molar-refractivity contribution >= 4 is 12.6 Å². The Kier molecular flexibility index (Phi) is 6.00. The molecule has 0 aliphatic heterocycles. The Balaban J connectivity index is 1.76. The maximum absolute atomic E-state index is 4.84. The van der Waals surface area contributed by atoms with Gasteiger partial charge in [0.05, 0.1) is 0 Å². The molecule has 3 rings (SSSR count). The molecule has 24 heavy (non-hydrogen) atoms. The van der Waals surface area contributed by atoms with Crippen molar-refractivity contribution in [2.45, 2.75) is 110 Å². The molecule has 0 bridgehead atoms. The van der Waals surface area contributed by atoms with E-state index in [1.165, 1.54) is 77.0 Å². The second kappa shape index (κ2) is 7.53. The highest BCUT2D eigenvalue weighted by Crippen LogP contribution is 2.58. The van der Waals surface area contributed by atoms with Crippen LogP contribution in [0, 0.1) is 34.5 Å². The quantitative estimate of drug-likeness (QED) is 0.489. The number of thiol groups is 1. The molecular formula is C23H42S. The van der Waals surface area contributed by atoms with Gasteiger partial charge in [0.1, 0.15) is 0 Å². The summed E-state index contributed by atoms with van der Waals surface area (Å²) in [6.07, 6.45) is 17.5. The largest absolute Gasteiger partial charge is 0.176 e. The Morgan fingerprint density at radius 1 is 0.917 bits per heavy atom. The molecule has 3 aliphatic rings. The van der Waals surface area contributed by atoms with Crippen LogP contribution in [0.3, 0.4) is 0 Å². The Hall–Kier alpha value is 0.350. The summed E-state index contributed by atoms with van der Waals surface area (Å²) in [7, 11) is 0. The van der Waals surface area contributed by atoms with E-state index >= 15 is 0 Å². The van der Waals surface area contributed by atoms with Gasteiger partial charge < -0.3 is 0 Å². The predicted octanol–water partition coefficient (Wildman–Crippen LogP) is 7.52. The van der Waals surface area contributed by atoms with Crippen LogP contribution in [0.2, 0.25) is 0 Å². The molecule has 140 valence electrons. The topological polar surface area (TPSA) is 0 Å². The third-order valence-corrected chi connectivity index (χ3v) is 9.58. The van der Waals surface area contributed by atoms with Gasteiger partial charge >= 0.3 is 0 Å². The lowest BCUT2D eigenvalue weighted by molar-refractivity contribution is 0.0427. The van der Waals surface area contributed by atoms with Crippen LogP contribution in [0.1, 0.15) is 105 Å². The third kappa shape index (κ3) is 3.58. The van der Waals surface area contributed by atoms with E-state index in [-0.39, 0.29) is 0 Å². The van der Waals surface area contributed by atoms with E-state index in [9.17, 15) is 0 Å². The van der Waals surface area contributed by atoms with E-state index in [4.69, 9.17) is 12.6 Å². The maximum Gasteiger partial charge on any atom is 0.00198 e. The molecule has 0 spiro atoms. The Labute approximate surface area is 157 Å². The minimum atomic E-state index is 0.617. The van der Waals surface area contributed by atoms with Gasteiger partial charge in [-0.05, 0) is 92.3 Å². The molecule has 0 radical (unpaired) electrons. The van der Waals surface area contributed by atoms with Gasteiger partial charge in [0.15, 0.2) is 0 Å². The average molecular weight is 351 g/mol. The summed E-state index contributed by atoms with van der Waals surface area (Å²) >= 11 is 4.84. The van der Waals surface area contributed by atoms with Crippen molar-refractivity contribution in [3.05, 3.63) is 0 Å². The van der Waals surface area contributed by atoms with E-state index in [0.717, 1.165) is 23.7 Å². The highest BCUT2D eigenvalue weighted by atomic mass is 32.1. The Morgan fingerprint density at radius 3 is 2.42 bits per heavy atom. The summed E-state index contributed by atoms with van der Waals surface area (Å²) < 4.78 is 0. The minimum absolute atomic E-state index is 0.617. The highest BCUT2D eigenvalue weighted by molar-refractivity contribution is 7.80. The summed E-state index contributed by atoms with van der Waals surface area (Å²) in [4.78, 5) is 0. The van der Waals surface area contributed by atoms with Crippen LogP contribution in [0.5, 0.6) is 0 Å². The van der Waals surface area contributed by atoms with Gasteiger partial charge in [0.25, 0.3) is 0 Å². The molecular weight excluding hydrogens is 308 g/mol. The van der Waals surface area contributed by atoms with Crippen LogP contribution in [0.15, 0.2) is 0 Å². The van der Waals surface area contributed by atoms with Crippen molar-refractivity contribution in [2.75, 3.05) is 0 Å². The van der Waals surface area contributed by atoms with Crippen molar-refractivity contribution in [1.82, 2.24) is 0 Å². The molecule has 0 saturated heterocycles. The summed E-state index contributed by atoms with van der Waals surface area (Å²) in [6.45, 7) is 10.3. The van der Waals surface area contributed by atoms with Crippen molar-refractivity contribution in [2.24, 2.45) is 34.5 Å². The summed E-state index contributed by atoms with van der Waals surface area (Å²) in [5.74, 6) is 3.86. The van der Waals surface area contributed by atoms with E-state index in [0.29, 0.717) is 16.1 Å². The Morgan fingerprint density at radius 2 is 1.67 bits per heavy atom. The summed E-state index contributed by atoms with van der Waals surface area (Å²) in [5, 5.41) is 0.678. The lowest BCUT2D eigenvalue weighted by atomic mass is 9.59. The molecule has 7 atom stereocenters. The van der Waals surface area contributed by atoms with Gasteiger partial charge in [0, 0.05) is 5.25 Å². The molecule has 0 aromatic heterocycles. The molecule has 0 amide bonds. The monoisotopic (exact) mass is 350 g/mol. The highest BCUT2D eigenvalue weighted by Gasteiger charge is 2.49. The number of hydrogen-bond acceptors (Lipinski definition) is 1. The van der Waals surface area contributed by atoms with E-state index < -0.39 is 0 Å². The number of rotatable bonds is 2. The summed E-state index contributed by atoms with van der Waals surface area (Å²) in [5.41, 5.74) is 1.26. The molecule has 0 heterocycles. The SMILES string of the molecule is CCC(C)C1CCC2CCC3(C)CCC(S)CC3CCCCC21C. The van der Waals surface area contributed by atoms with Crippen LogP contribution in [-0.2, 0) is 0 Å². The smallest absolute Gasteiger partial charge is 0.00198 e. The fourth-order valence-corrected chi connectivity index (χ4v) is 7.44. The molecule has 0 aromatic carbocycles. The zero-order chi connectivity index (χ0) is 17.4. The van der Waals surface area contributed by atoms with Crippen molar-refractivity contribution in [1.29, 1.82) is 0 Å². The third-order valence-electron chi connectivity index (χ3n) is 9.11. The standard InChI is InChI=1S/C23H42S/c1-5-17(2)21-10-9-18-11-14-22(3)15-12-20(24)16-19(22)8-6-7-13-23(18,21)4/h17-21,24H,5-16H2,1-4H3. The van der Waals surface area contributed by atoms with Crippen LogP contribution >= 0.6 is 12.6 Å². The van der Waals surface area contributed by atoms with Gasteiger partial charge in [-0.3, -0.25) is 0 Å². The van der Waals surface area contributed by atoms with Crippen LogP contribution in [0.4, 0.5) is 0 Å². The van der Waals surface area contributed by atoms with E-state index in [1.807, 2.05) is 0 Å². The number of hydrogen-bond donors (Lipinski definition) is 1. The Bertz CT molecular complexity index is 418. The number of fused-ring (bicyclic) bond motifs is 2. The molecule has 3 fully saturated rings. The molecule has 1 heteroatoms. The van der Waals surface area contributed by atoms with E-state index in [1.54, 1.807) is 0 Å². The zero-order valence-corrected chi connectivity index (χ0v) is 17.7. The van der Waals surface area contributed by atoms with Crippen molar-refractivity contribution < 1.29 is 0 Å². The van der Waals surface area contributed by atoms with Crippen molar-refractivity contribution in [3.63, 3.8) is 0 Å². The van der Waals surface area contributed by atoms with Crippen molar-refractivity contribution in [3.8, 4) is 0 Å². The fourth-order valence-electron chi connectivity index (χ4n) is 7.05. The molecule has 7 unspecified atom stereocenters. The molecule has 3 aliphatic carbocycles. The lowest BCUT2D eigenvalue weighted by Crippen LogP contribution is -2.38. The molecule has 0 N–H and O–H groups in total. The molecule has 0 aromatic rings. The first-order valence-electron chi connectivity index (χ1n) is 11.1. The van der Waals surface area contributed by atoms with Gasteiger partial charge in [0.2, 0.25) is 0 Å². The van der Waals surface area contributed by atoms with Crippen LogP contribution < -0.4 is 0 Å².